The monoisotopic (exact) mass is 375 g/mol. The Kier molecular flexibility index (Phi) is 5.47. The number of benzene rings is 3. The number of hydrogen-bond acceptors (Lipinski definition) is 3. The van der Waals surface area contributed by atoms with Gasteiger partial charge in [-0.2, -0.15) is 0 Å². The van der Waals surface area contributed by atoms with Gasteiger partial charge in [0.15, 0.2) is 6.10 Å². The van der Waals surface area contributed by atoms with E-state index in [2.05, 4.69) is 11.4 Å². The second-order valence-corrected chi connectivity index (χ2v) is 7.31. The summed E-state index contributed by atoms with van der Waals surface area (Å²) in [5, 5.41) is 5.13. The summed E-state index contributed by atoms with van der Waals surface area (Å²) in [4.78, 5) is 12.5. The third kappa shape index (κ3) is 4.45. The predicted molar refractivity (Wildman–Crippen MR) is 112 cm³/mol. The molecule has 1 atom stereocenters. The smallest absolute Gasteiger partial charge is 0.265 e. The molecule has 0 aliphatic heterocycles. The minimum absolute atomic E-state index is 0.183. The van der Waals surface area contributed by atoms with Crippen molar-refractivity contribution in [1.82, 2.24) is 0 Å². The Morgan fingerprint density at radius 1 is 0.929 bits per heavy atom. The molecule has 1 N–H and O–H groups in total. The quantitative estimate of drug-likeness (QED) is 0.613. The summed E-state index contributed by atoms with van der Waals surface area (Å²) in [7, 11) is 0. The van der Waals surface area contributed by atoms with E-state index >= 15 is 0 Å². The maximum atomic E-state index is 12.5. The molecule has 144 valence electrons. The van der Waals surface area contributed by atoms with E-state index in [9.17, 15) is 4.79 Å². The molecule has 0 radical (unpaired) electrons. The van der Waals surface area contributed by atoms with Crippen LogP contribution in [0.2, 0.25) is 0 Å². The van der Waals surface area contributed by atoms with Crippen LogP contribution in [0.25, 0.3) is 10.8 Å². The summed E-state index contributed by atoms with van der Waals surface area (Å²) >= 11 is 0. The normalized spacial score (nSPS) is 15.3. The highest BCUT2D eigenvalue weighted by Crippen LogP contribution is 2.25. The minimum Gasteiger partial charge on any atom is -0.490 e. The highest BCUT2D eigenvalue weighted by atomic mass is 16.5. The zero-order chi connectivity index (χ0) is 19.3. The number of amides is 1. The van der Waals surface area contributed by atoms with Gasteiger partial charge in [0.25, 0.3) is 5.91 Å². The van der Waals surface area contributed by atoms with Crippen molar-refractivity contribution in [3.8, 4) is 11.5 Å². The van der Waals surface area contributed by atoms with Crippen LogP contribution in [-0.2, 0) is 4.79 Å². The van der Waals surface area contributed by atoms with Crippen molar-refractivity contribution in [2.45, 2.75) is 44.8 Å². The number of hydrogen-bond donors (Lipinski definition) is 1. The second kappa shape index (κ2) is 8.34. The number of carbonyl (C=O) groups excluding carboxylic acids is 1. The highest BCUT2D eigenvalue weighted by molar-refractivity contribution is 5.94. The van der Waals surface area contributed by atoms with Gasteiger partial charge in [0, 0.05) is 5.69 Å². The molecule has 4 nitrogen and oxygen atoms in total. The molecule has 0 saturated heterocycles. The Labute approximate surface area is 165 Å². The van der Waals surface area contributed by atoms with E-state index < -0.39 is 6.10 Å². The summed E-state index contributed by atoms with van der Waals surface area (Å²) in [6, 6.07) is 21.5. The Morgan fingerprint density at radius 3 is 2.36 bits per heavy atom. The highest BCUT2D eigenvalue weighted by Gasteiger charge is 2.17. The average molecular weight is 375 g/mol. The number of ether oxygens (including phenoxy) is 2. The van der Waals surface area contributed by atoms with E-state index in [0.29, 0.717) is 11.9 Å². The Hall–Kier alpha value is -3.01. The van der Waals surface area contributed by atoms with Crippen LogP contribution in [0.15, 0.2) is 66.7 Å². The number of anilines is 1. The number of carbonyl (C=O) groups is 1. The van der Waals surface area contributed by atoms with Crippen LogP contribution in [0.3, 0.4) is 0 Å². The molecule has 0 bridgehead atoms. The maximum absolute atomic E-state index is 12.5. The van der Waals surface area contributed by atoms with Crippen molar-refractivity contribution < 1.29 is 14.3 Å². The third-order valence-electron chi connectivity index (χ3n) is 5.13. The fourth-order valence-electron chi connectivity index (χ4n) is 3.56. The molecule has 4 heteroatoms. The van der Waals surface area contributed by atoms with Crippen LogP contribution >= 0.6 is 0 Å². The summed E-state index contributed by atoms with van der Waals surface area (Å²) in [6.07, 6.45) is 4.47. The van der Waals surface area contributed by atoms with E-state index in [1.165, 1.54) is 12.8 Å². The molecule has 4 rings (SSSR count). The third-order valence-corrected chi connectivity index (χ3v) is 5.13. The fourth-order valence-corrected chi connectivity index (χ4v) is 3.56. The van der Waals surface area contributed by atoms with Gasteiger partial charge in [0.2, 0.25) is 0 Å². The van der Waals surface area contributed by atoms with Gasteiger partial charge in [-0.1, -0.05) is 30.3 Å². The topological polar surface area (TPSA) is 47.6 Å². The molecule has 0 aromatic heterocycles. The van der Waals surface area contributed by atoms with E-state index in [0.717, 1.165) is 35.1 Å². The largest absolute Gasteiger partial charge is 0.490 e. The summed E-state index contributed by atoms with van der Waals surface area (Å²) < 4.78 is 11.8. The van der Waals surface area contributed by atoms with Gasteiger partial charge in [-0.15, -0.1) is 0 Å². The average Bonchev–Trinajstić information content (AvgIpc) is 3.22. The molecule has 0 heterocycles. The minimum atomic E-state index is -0.601. The second-order valence-electron chi connectivity index (χ2n) is 7.31. The molecule has 0 unspecified atom stereocenters. The molecular weight excluding hydrogens is 350 g/mol. The molecule has 1 amide bonds. The van der Waals surface area contributed by atoms with E-state index in [1.54, 1.807) is 6.92 Å². The predicted octanol–water partition coefficient (Wildman–Crippen LogP) is 5.57. The molecule has 28 heavy (non-hydrogen) atoms. The van der Waals surface area contributed by atoms with Crippen molar-refractivity contribution in [2.24, 2.45) is 0 Å². The van der Waals surface area contributed by atoms with Crippen LogP contribution in [-0.4, -0.2) is 18.1 Å². The number of nitrogens with one attached hydrogen (secondary N) is 1. The molecule has 1 aliphatic carbocycles. The van der Waals surface area contributed by atoms with Crippen LogP contribution < -0.4 is 14.8 Å². The zero-order valence-corrected chi connectivity index (χ0v) is 16.1. The summed E-state index contributed by atoms with van der Waals surface area (Å²) in [5.41, 5.74) is 0.734. The lowest BCUT2D eigenvalue weighted by Crippen LogP contribution is -2.30. The zero-order valence-electron chi connectivity index (χ0n) is 16.1. The summed E-state index contributed by atoms with van der Waals surface area (Å²) in [6.45, 7) is 1.75. The molecule has 1 aliphatic rings. The van der Waals surface area contributed by atoms with Crippen molar-refractivity contribution in [3.05, 3.63) is 66.7 Å². The van der Waals surface area contributed by atoms with Crippen molar-refractivity contribution in [1.29, 1.82) is 0 Å². The Morgan fingerprint density at radius 2 is 1.61 bits per heavy atom. The first kappa shape index (κ1) is 18.4. The van der Waals surface area contributed by atoms with Crippen LogP contribution in [0.1, 0.15) is 32.6 Å². The van der Waals surface area contributed by atoms with E-state index in [4.69, 9.17) is 9.47 Å². The van der Waals surface area contributed by atoms with Gasteiger partial charge in [0.05, 0.1) is 6.10 Å². The standard InChI is InChI=1S/C24H25NO3/c1-17(27-23-13-10-18-6-2-3-7-19(18)16-23)24(26)25-20-11-14-22(15-12-20)28-21-8-4-5-9-21/h2-3,6-7,10-17,21H,4-5,8-9H2,1H3,(H,25,26)/t17-/m0/s1. The van der Waals surface area contributed by atoms with Crippen LogP contribution in [0.5, 0.6) is 11.5 Å². The van der Waals surface area contributed by atoms with Gasteiger partial charge >= 0.3 is 0 Å². The SMILES string of the molecule is C[C@H](Oc1ccc2ccccc2c1)C(=O)Nc1ccc(OC2CCCC2)cc1. The Balaban J connectivity index is 1.34. The van der Waals surface area contributed by atoms with Gasteiger partial charge in [-0.05, 0) is 79.8 Å². The van der Waals surface area contributed by atoms with Crippen molar-refractivity contribution >= 4 is 22.4 Å². The first-order valence-corrected chi connectivity index (χ1v) is 9.90. The molecule has 1 saturated carbocycles. The van der Waals surface area contributed by atoms with Gasteiger partial charge in [-0.3, -0.25) is 4.79 Å². The summed E-state index contributed by atoms with van der Waals surface area (Å²) in [5.74, 6) is 1.35. The van der Waals surface area contributed by atoms with Crippen molar-refractivity contribution in [3.63, 3.8) is 0 Å². The molecule has 0 spiro atoms. The molecule has 3 aromatic carbocycles. The lowest BCUT2D eigenvalue weighted by atomic mass is 10.1. The first-order valence-electron chi connectivity index (χ1n) is 9.90. The molecule has 3 aromatic rings. The van der Waals surface area contributed by atoms with Gasteiger partial charge < -0.3 is 14.8 Å². The van der Waals surface area contributed by atoms with E-state index in [1.807, 2.05) is 60.7 Å². The van der Waals surface area contributed by atoms with Crippen LogP contribution in [0.4, 0.5) is 5.69 Å². The van der Waals surface area contributed by atoms with E-state index in [-0.39, 0.29) is 5.91 Å². The Bertz CT molecular complexity index is 945. The molecular formula is C24H25NO3. The lowest BCUT2D eigenvalue weighted by Gasteiger charge is -2.16. The van der Waals surface area contributed by atoms with Gasteiger partial charge in [0.1, 0.15) is 11.5 Å². The fraction of sp³-hybridized carbons (Fsp3) is 0.292. The van der Waals surface area contributed by atoms with Crippen molar-refractivity contribution in [2.75, 3.05) is 5.32 Å². The molecule has 1 fully saturated rings. The lowest BCUT2D eigenvalue weighted by molar-refractivity contribution is -0.122. The van der Waals surface area contributed by atoms with Crippen LogP contribution in [0, 0.1) is 0 Å². The first-order chi connectivity index (χ1) is 13.7. The maximum Gasteiger partial charge on any atom is 0.265 e. The number of rotatable bonds is 6. The van der Waals surface area contributed by atoms with Gasteiger partial charge in [-0.25, -0.2) is 0 Å². The number of fused-ring (bicyclic) bond motifs is 1.